The van der Waals surface area contributed by atoms with E-state index in [-0.39, 0.29) is 0 Å². The van der Waals surface area contributed by atoms with Gasteiger partial charge in [0.05, 0.1) is 6.54 Å². The number of nitrogens with zero attached hydrogens (tertiary/aromatic N) is 3. The second-order valence-corrected chi connectivity index (χ2v) is 6.13. The smallest absolute Gasteiger partial charge is 0.229 e. The van der Waals surface area contributed by atoms with Crippen molar-refractivity contribution in [3.63, 3.8) is 0 Å². The zero-order valence-electron chi connectivity index (χ0n) is 13.1. The fourth-order valence-corrected chi connectivity index (χ4v) is 2.60. The number of rotatable bonds is 7. The summed E-state index contributed by atoms with van der Waals surface area (Å²) in [6, 6.07) is 0. The molecule has 1 aromatic rings. The Kier molecular flexibility index (Phi) is 5.98. The van der Waals surface area contributed by atoms with E-state index < -0.39 is 0 Å². The first-order valence-corrected chi connectivity index (χ1v) is 7.94. The Hall–Kier alpha value is -0.940. The molecule has 1 N–H and O–H groups in total. The Labute approximate surface area is 122 Å². The van der Waals surface area contributed by atoms with Crippen molar-refractivity contribution in [2.24, 2.45) is 5.92 Å². The maximum Gasteiger partial charge on any atom is 0.229 e. The van der Waals surface area contributed by atoms with Gasteiger partial charge in [0.15, 0.2) is 5.82 Å². The molecule has 0 bridgehead atoms. The molecule has 0 atom stereocenters. The standard InChI is InChI=1S/C15H28N4O/c1-4-7-16-10-13-5-8-19(9-6-13)11-14-17-15(12(2)3)20-18-14/h12-13,16H,4-11H2,1-3H3. The maximum absolute atomic E-state index is 5.26. The van der Waals surface area contributed by atoms with E-state index in [1.165, 1.54) is 25.8 Å². The van der Waals surface area contributed by atoms with Crippen molar-refractivity contribution in [3.8, 4) is 0 Å². The zero-order valence-corrected chi connectivity index (χ0v) is 13.1. The maximum atomic E-state index is 5.26. The number of aromatic nitrogens is 2. The lowest BCUT2D eigenvalue weighted by Gasteiger charge is -2.31. The summed E-state index contributed by atoms with van der Waals surface area (Å²) in [5.41, 5.74) is 0. The number of hydrogen-bond donors (Lipinski definition) is 1. The molecule has 0 unspecified atom stereocenters. The molecule has 1 fully saturated rings. The molecule has 20 heavy (non-hydrogen) atoms. The summed E-state index contributed by atoms with van der Waals surface area (Å²) in [4.78, 5) is 6.89. The van der Waals surface area contributed by atoms with Crippen LogP contribution >= 0.6 is 0 Å². The molecule has 1 saturated heterocycles. The first-order valence-electron chi connectivity index (χ1n) is 7.94. The number of piperidine rings is 1. The second-order valence-electron chi connectivity index (χ2n) is 6.13. The largest absolute Gasteiger partial charge is 0.339 e. The Balaban J connectivity index is 1.71. The Morgan fingerprint density at radius 2 is 2.10 bits per heavy atom. The lowest BCUT2D eigenvalue weighted by Crippen LogP contribution is -2.37. The molecule has 5 nitrogen and oxygen atoms in total. The highest BCUT2D eigenvalue weighted by molar-refractivity contribution is 4.91. The van der Waals surface area contributed by atoms with E-state index in [4.69, 9.17) is 4.52 Å². The van der Waals surface area contributed by atoms with Crippen LogP contribution in [0.1, 0.15) is 57.7 Å². The summed E-state index contributed by atoms with van der Waals surface area (Å²) in [6.07, 6.45) is 3.76. The van der Waals surface area contributed by atoms with E-state index >= 15 is 0 Å². The second kappa shape index (κ2) is 7.74. The summed E-state index contributed by atoms with van der Waals surface area (Å²) >= 11 is 0. The van der Waals surface area contributed by atoms with Gasteiger partial charge in [-0.25, -0.2) is 0 Å². The van der Waals surface area contributed by atoms with E-state index in [0.717, 1.165) is 43.8 Å². The highest BCUT2D eigenvalue weighted by Crippen LogP contribution is 2.18. The minimum atomic E-state index is 0.312. The van der Waals surface area contributed by atoms with Crippen LogP contribution in [0.5, 0.6) is 0 Å². The zero-order chi connectivity index (χ0) is 14.4. The predicted octanol–water partition coefficient (Wildman–Crippen LogP) is 2.40. The Morgan fingerprint density at radius 1 is 1.35 bits per heavy atom. The SMILES string of the molecule is CCCNCC1CCN(Cc2noc(C(C)C)n2)CC1. The van der Waals surface area contributed by atoms with E-state index in [1.807, 2.05) is 0 Å². The molecule has 0 spiro atoms. The minimum Gasteiger partial charge on any atom is -0.339 e. The lowest BCUT2D eigenvalue weighted by molar-refractivity contribution is 0.170. The van der Waals surface area contributed by atoms with Gasteiger partial charge in [-0.1, -0.05) is 25.9 Å². The summed E-state index contributed by atoms with van der Waals surface area (Å²) in [5, 5.41) is 7.60. The van der Waals surface area contributed by atoms with Gasteiger partial charge < -0.3 is 9.84 Å². The van der Waals surface area contributed by atoms with Crippen molar-refractivity contribution in [2.75, 3.05) is 26.2 Å². The first kappa shape index (κ1) is 15.4. The molecule has 1 aliphatic heterocycles. The molecule has 0 aromatic carbocycles. The van der Waals surface area contributed by atoms with Crippen LogP contribution in [0.2, 0.25) is 0 Å². The summed E-state index contributed by atoms with van der Waals surface area (Å²) in [6.45, 7) is 11.8. The van der Waals surface area contributed by atoms with Gasteiger partial charge in [-0.05, 0) is 51.4 Å². The summed E-state index contributed by atoms with van der Waals surface area (Å²) in [7, 11) is 0. The van der Waals surface area contributed by atoms with E-state index in [1.54, 1.807) is 0 Å². The lowest BCUT2D eigenvalue weighted by atomic mass is 9.97. The van der Waals surface area contributed by atoms with Crippen molar-refractivity contribution >= 4 is 0 Å². The van der Waals surface area contributed by atoms with Crippen molar-refractivity contribution in [3.05, 3.63) is 11.7 Å². The molecule has 114 valence electrons. The summed E-state index contributed by atoms with van der Waals surface area (Å²) in [5.74, 6) is 2.72. The van der Waals surface area contributed by atoms with Gasteiger partial charge in [-0.3, -0.25) is 4.90 Å². The predicted molar refractivity (Wildman–Crippen MR) is 79.5 cm³/mol. The first-order chi connectivity index (χ1) is 9.69. The molecule has 0 amide bonds. The monoisotopic (exact) mass is 280 g/mol. The van der Waals surface area contributed by atoms with Crippen LogP contribution in [-0.2, 0) is 6.54 Å². The summed E-state index contributed by atoms with van der Waals surface area (Å²) < 4.78 is 5.26. The van der Waals surface area contributed by atoms with Crippen molar-refractivity contribution < 1.29 is 4.52 Å². The van der Waals surface area contributed by atoms with Gasteiger partial charge in [0.1, 0.15) is 0 Å². The molecule has 2 heterocycles. The highest BCUT2D eigenvalue weighted by atomic mass is 16.5. The van der Waals surface area contributed by atoms with Crippen LogP contribution in [-0.4, -0.2) is 41.2 Å². The Bertz CT molecular complexity index is 383. The molecule has 1 aromatic heterocycles. The molecule has 0 radical (unpaired) electrons. The molecule has 0 saturated carbocycles. The van der Waals surface area contributed by atoms with Gasteiger partial charge in [0, 0.05) is 5.92 Å². The fourth-order valence-electron chi connectivity index (χ4n) is 2.60. The van der Waals surface area contributed by atoms with Crippen LogP contribution in [0, 0.1) is 5.92 Å². The highest BCUT2D eigenvalue weighted by Gasteiger charge is 2.20. The van der Waals surface area contributed by atoms with Crippen molar-refractivity contribution in [1.82, 2.24) is 20.4 Å². The third-order valence-electron chi connectivity index (χ3n) is 3.91. The van der Waals surface area contributed by atoms with E-state index in [9.17, 15) is 0 Å². The minimum absolute atomic E-state index is 0.312. The van der Waals surface area contributed by atoms with Crippen molar-refractivity contribution in [1.29, 1.82) is 0 Å². The van der Waals surface area contributed by atoms with Gasteiger partial charge in [0.25, 0.3) is 0 Å². The van der Waals surface area contributed by atoms with Gasteiger partial charge in [-0.15, -0.1) is 0 Å². The molecule has 5 heteroatoms. The average molecular weight is 280 g/mol. The quantitative estimate of drug-likeness (QED) is 0.777. The molecule has 2 rings (SSSR count). The van der Waals surface area contributed by atoms with Gasteiger partial charge >= 0.3 is 0 Å². The van der Waals surface area contributed by atoms with Crippen LogP contribution in [0.15, 0.2) is 4.52 Å². The normalized spacial score (nSPS) is 18.0. The molecular formula is C15H28N4O. The van der Waals surface area contributed by atoms with Crippen LogP contribution in [0.3, 0.4) is 0 Å². The Morgan fingerprint density at radius 3 is 2.70 bits per heavy atom. The third-order valence-corrected chi connectivity index (χ3v) is 3.91. The van der Waals surface area contributed by atoms with Crippen LogP contribution in [0.25, 0.3) is 0 Å². The van der Waals surface area contributed by atoms with Gasteiger partial charge in [0.2, 0.25) is 5.89 Å². The fraction of sp³-hybridized carbons (Fsp3) is 0.867. The number of nitrogens with one attached hydrogen (secondary N) is 1. The molecular weight excluding hydrogens is 252 g/mol. The molecule has 1 aliphatic rings. The van der Waals surface area contributed by atoms with Crippen molar-refractivity contribution in [2.45, 2.75) is 52.5 Å². The average Bonchev–Trinajstić information content (AvgIpc) is 2.90. The number of likely N-dealkylation sites (tertiary alicyclic amines) is 1. The topological polar surface area (TPSA) is 54.2 Å². The van der Waals surface area contributed by atoms with E-state index in [0.29, 0.717) is 5.92 Å². The van der Waals surface area contributed by atoms with Crippen LogP contribution in [0.4, 0.5) is 0 Å². The van der Waals surface area contributed by atoms with Crippen LogP contribution < -0.4 is 5.32 Å². The molecule has 0 aliphatic carbocycles. The third kappa shape index (κ3) is 4.56. The van der Waals surface area contributed by atoms with E-state index in [2.05, 4.69) is 41.1 Å². The number of hydrogen-bond acceptors (Lipinski definition) is 5. The van der Waals surface area contributed by atoms with Gasteiger partial charge in [-0.2, -0.15) is 4.98 Å².